The Morgan fingerprint density at radius 2 is 1.71 bits per heavy atom. The number of aromatic nitrogens is 1. The van der Waals surface area contributed by atoms with E-state index in [1.54, 1.807) is 24.3 Å². The van der Waals surface area contributed by atoms with Crippen molar-refractivity contribution in [3.8, 4) is 11.1 Å². The fourth-order valence-electron chi connectivity index (χ4n) is 2.69. The minimum atomic E-state index is -4.75. The van der Waals surface area contributed by atoms with Crippen LogP contribution in [0, 0.1) is 0 Å². The fraction of sp³-hybridized carbons (Fsp3) is 0.294. The molecule has 1 aromatic carbocycles. The van der Waals surface area contributed by atoms with Gasteiger partial charge in [-0.15, -0.1) is 0 Å². The van der Waals surface area contributed by atoms with E-state index in [2.05, 4.69) is 4.98 Å². The Balaban J connectivity index is 1.82. The van der Waals surface area contributed by atoms with Crippen molar-refractivity contribution >= 4 is 5.91 Å². The number of aliphatic hydroxyl groups is 1. The third-order valence-corrected chi connectivity index (χ3v) is 4.37. The Hall–Kier alpha value is -2.41. The van der Waals surface area contributed by atoms with Gasteiger partial charge in [0.05, 0.1) is 11.1 Å². The summed E-state index contributed by atoms with van der Waals surface area (Å²) in [4.78, 5) is 15.2. The summed E-state index contributed by atoms with van der Waals surface area (Å²) in [5, 5.41) is 9.17. The molecule has 1 heterocycles. The van der Waals surface area contributed by atoms with Crippen molar-refractivity contribution < 1.29 is 23.1 Å². The van der Waals surface area contributed by atoms with Gasteiger partial charge in [0.15, 0.2) is 6.10 Å². The first kappa shape index (κ1) is 16.4. The maximum Gasteiger partial charge on any atom is 0.420 e. The molecule has 1 aliphatic carbocycles. The van der Waals surface area contributed by atoms with Crippen LogP contribution in [0.2, 0.25) is 0 Å². The van der Waals surface area contributed by atoms with Gasteiger partial charge >= 0.3 is 6.18 Å². The number of nitrogens with zero attached hydrogens (tertiary/aromatic N) is 1. The third-order valence-electron chi connectivity index (χ3n) is 4.37. The second kappa shape index (κ2) is 5.59. The molecule has 4 nitrogen and oxygen atoms in total. The smallest absolute Gasteiger partial charge is 0.378 e. The molecule has 126 valence electrons. The molecule has 0 aliphatic heterocycles. The molecule has 3 rings (SSSR count). The number of amides is 1. The molecule has 1 fully saturated rings. The molecule has 1 unspecified atom stereocenters. The Morgan fingerprint density at radius 1 is 1.12 bits per heavy atom. The molecule has 1 amide bonds. The van der Waals surface area contributed by atoms with Crippen LogP contribution in [-0.2, 0) is 10.2 Å². The molecule has 0 bridgehead atoms. The van der Waals surface area contributed by atoms with E-state index >= 15 is 0 Å². The molecule has 0 saturated heterocycles. The number of aliphatic hydroxyl groups excluding tert-OH is 1. The van der Waals surface area contributed by atoms with Crippen LogP contribution in [-0.4, -0.2) is 22.2 Å². The van der Waals surface area contributed by atoms with Crippen LogP contribution < -0.4 is 5.73 Å². The van der Waals surface area contributed by atoms with E-state index in [4.69, 9.17) is 5.73 Å². The topological polar surface area (TPSA) is 76.2 Å². The van der Waals surface area contributed by atoms with Crippen molar-refractivity contribution in [1.29, 1.82) is 0 Å². The van der Waals surface area contributed by atoms with E-state index in [1.807, 2.05) is 0 Å². The van der Waals surface area contributed by atoms with E-state index in [1.165, 1.54) is 12.3 Å². The number of pyridine rings is 1. The highest BCUT2D eigenvalue weighted by molar-refractivity contribution is 5.90. The van der Waals surface area contributed by atoms with Gasteiger partial charge in [0.25, 0.3) is 0 Å². The quantitative estimate of drug-likeness (QED) is 0.901. The summed E-state index contributed by atoms with van der Waals surface area (Å²) in [6, 6.07) is 9.75. The van der Waals surface area contributed by atoms with Crippen LogP contribution in [0.1, 0.15) is 30.2 Å². The number of halogens is 3. The normalized spacial score (nSPS) is 17.3. The minimum absolute atomic E-state index is 0.345. The number of carbonyl (C=O) groups is 1. The monoisotopic (exact) mass is 336 g/mol. The number of hydrogen-bond acceptors (Lipinski definition) is 3. The Kier molecular flexibility index (Phi) is 3.83. The van der Waals surface area contributed by atoms with Gasteiger partial charge in [0, 0.05) is 11.8 Å². The molecular formula is C17H15F3N2O2. The van der Waals surface area contributed by atoms with Crippen LogP contribution in [0.4, 0.5) is 13.2 Å². The van der Waals surface area contributed by atoms with Gasteiger partial charge in [-0.05, 0) is 30.0 Å². The highest BCUT2D eigenvalue weighted by Crippen LogP contribution is 2.48. The van der Waals surface area contributed by atoms with E-state index in [-0.39, 0.29) is 5.91 Å². The molecule has 0 radical (unpaired) electrons. The number of hydrogen-bond donors (Lipinski definition) is 2. The summed E-state index contributed by atoms with van der Waals surface area (Å²) < 4.78 is 37.4. The van der Waals surface area contributed by atoms with Crippen LogP contribution in [0.3, 0.4) is 0 Å². The second-order valence-electron chi connectivity index (χ2n) is 5.94. The molecule has 7 heteroatoms. The number of benzene rings is 1. The first-order valence-electron chi connectivity index (χ1n) is 7.35. The zero-order chi connectivity index (χ0) is 17.5. The maximum atomic E-state index is 12.5. The number of primary amides is 1. The summed E-state index contributed by atoms with van der Waals surface area (Å²) in [7, 11) is 0. The Morgan fingerprint density at radius 3 is 2.12 bits per heavy atom. The zero-order valence-corrected chi connectivity index (χ0v) is 12.5. The maximum absolute atomic E-state index is 12.5. The van der Waals surface area contributed by atoms with Gasteiger partial charge < -0.3 is 10.8 Å². The first-order chi connectivity index (χ1) is 11.2. The van der Waals surface area contributed by atoms with Gasteiger partial charge in [0.2, 0.25) is 5.91 Å². The Labute approximate surface area is 136 Å². The third kappa shape index (κ3) is 2.87. The number of nitrogens with two attached hydrogens (primary N) is 1. The molecule has 1 atom stereocenters. The lowest BCUT2D eigenvalue weighted by atomic mass is 9.93. The molecule has 24 heavy (non-hydrogen) atoms. The molecule has 1 aliphatic rings. The van der Waals surface area contributed by atoms with E-state index < -0.39 is 23.4 Å². The highest BCUT2D eigenvalue weighted by atomic mass is 19.4. The zero-order valence-electron chi connectivity index (χ0n) is 12.5. The summed E-state index contributed by atoms with van der Waals surface area (Å²) in [6.45, 7) is 0. The van der Waals surface area contributed by atoms with Gasteiger partial charge in [-0.3, -0.25) is 9.78 Å². The number of rotatable bonds is 4. The average Bonchev–Trinajstić information content (AvgIpc) is 3.36. The predicted molar refractivity (Wildman–Crippen MR) is 80.8 cm³/mol. The van der Waals surface area contributed by atoms with Crippen LogP contribution >= 0.6 is 0 Å². The number of carbonyl (C=O) groups excluding carboxylic acids is 1. The predicted octanol–water partition coefficient (Wildman–Crippen LogP) is 2.86. The summed E-state index contributed by atoms with van der Waals surface area (Å²) in [5.74, 6) is -0.345. The largest absolute Gasteiger partial charge is 0.420 e. The van der Waals surface area contributed by atoms with Crippen molar-refractivity contribution in [1.82, 2.24) is 4.98 Å². The van der Waals surface area contributed by atoms with Crippen LogP contribution in [0.15, 0.2) is 42.6 Å². The molecular weight excluding hydrogens is 321 g/mol. The summed E-state index contributed by atoms with van der Waals surface area (Å²) in [6.07, 6.45) is -4.61. The molecule has 2 aromatic rings. The van der Waals surface area contributed by atoms with Crippen molar-refractivity contribution in [3.63, 3.8) is 0 Å². The second-order valence-corrected chi connectivity index (χ2v) is 5.94. The van der Waals surface area contributed by atoms with Crippen LogP contribution in [0.5, 0.6) is 0 Å². The molecule has 3 N–H and O–H groups in total. The van der Waals surface area contributed by atoms with Gasteiger partial charge in [-0.25, -0.2) is 0 Å². The van der Waals surface area contributed by atoms with Crippen molar-refractivity contribution in [2.75, 3.05) is 0 Å². The lowest BCUT2D eigenvalue weighted by Crippen LogP contribution is -2.28. The SMILES string of the molecule is NC(=O)C1(c2ccc(-c3ccc(C(O)C(F)(F)F)nc3)cc2)CC1. The van der Waals surface area contributed by atoms with E-state index in [0.717, 1.165) is 30.0 Å². The summed E-state index contributed by atoms with van der Waals surface area (Å²) >= 11 is 0. The number of alkyl halides is 3. The van der Waals surface area contributed by atoms with Gasteiger partial charge in [-0.2, -0.15) is 13.2 Å². The van der Waals surface area contributed by atoms with Crippen molar-refractivity contribution in [3.05, 3.63) is 53.9 Å². The standard InChI is InChI=1S/C17H15F3N2O2/c18-17(19,20)14(23)13-6-3-11(9-22-13)10-1-4-12(5-2-10)16(7-8-16)15(21)24/h1-6,9,14,23H,7-8H2,(H2,21,24). The fourth-order valence-corrected chi connectivity index (χ4v) is 2.69. The van der Waals surface area contributed by atoms with Gasteiger partial charge in [-0.1, -0.05) is 30.3 Å². The average molecular weight is 336 g/mol. The molecule has 0 spiro atoms. The van der Waals surface area contributed by atoms with Gasteiger partial charge in [0.1, 0.15) is 0 Å². The van der Waals surface area contributed by atoms with Crippen molar-refractivity contribution in [2.24, 2.45) is 5.73 Å². The highest BCUT2D eigenvalue weighted by Gasteiger charge is 2.49. The Bertz CT molecular complexity index is 751. The lowest BCUT2D eigenvalue weighted by molar-refractivity contribution is -0.207. The van der Waals surface area contributed by atoms with E-state index in [0.29, 0.717) is 5.56 Å². The first-order valence-corrected chi connectivity index (χ1v) is 7.35. The lowest BCUT2D eigenvalue weighted by Gasteiger charge is -2.14. The minimum Gasteiger partial charge on any atom is -0.378 e. The van der Waals surface area contributed by atoms with E-state index in [9.17, 15) is 23.1 Å². The molecule has 1 aromatic heterocycles. The molecule has 1 saturated carbocycles. The van der Waals surface area contributed by atoms with Crippen molar-refractivity contribution in [2.45, 2.75) is 30.5 Å². The van der Waals surface area contributed by atoms with Crippen LogP contribution in [0.25, 0.3) is 11.1 Å². The summed E-state index contributed by atoms with van der Waals surface area (Å²) in [5.41, 5.74) is 6.61.